The molecule has 0 saturated carbocycles. The van der Waals surface area contributed by atoms with Gasteiger partial charge in [0, 0.05) is 37.8 Å². The van der Waals surface area contributed by atoms with Gasteiger partial charge in [-0.25, -0.2) is 4.39 Å². The molecule has 1 heterocycles. The van der Waals surface area contributed by atoms with Crippen molar-refractivity contribution in [1.82, 2.24) is 10.2 Å². The highest BCUT2D eigenvalue weighted by atomic mass is 19.1. The molecule has 0 aromatic heterocycles. The summed E-state index contributed by atoms with van der Waals surface area (Å²) in [5.74, 6) is -0.741. The van der Waals surface area contributed by atoms with Crippen molar-refractivity contribution in [2.75, 3.05) is 26.2 Å². The van der Waals surface area contributed by atoms with Gasteiger partial charge in [-0.1, -0.05) is 0 Å². The van der Waals surface area contributed by atoms with E-state index in [1.54, 1.807) is 0 Å². The molecular weight excluding hydrogens is 303 g/mol. The highest BCUT2D eigenvalue weighted by Gasteiger charge is 2.26. The number of amides is 1. The number of likely N-dealkylation sites (tertiary alicyclic amines) is 1. The van der Waals surface area contributed by atoms with Crippen LogP contribution in [0.25, 0.3) is 0 Å². The molecule has 1 atom stereocenters. The summed E-state index contributed by atoms with van der Waals surface area (Å²) < 4.78 is 14.0. The van der Waals surface area contributed by atoms with E-state index in [-0.39, 0.29) is 17.5 Å². The van der Waals surface area contributed by atoms with Crippen molar-refractivity contribution in [1.29, 1.82) is 0 Å². The molecule has 7 nitrogen and oxygen atoms in total. The molecule has 3 N–H and O–H groups in total. The highest BCUT2D eigenvalue weighted by molar-refractivity contribution is 5.78. The highest BCUT2D eigenvalue weighted by Crippen LogP contribution is 2.22. The molecule has 0 radical (unpaired) electrons. The molecule has 2 rings (SSSR count). The average Bonchev–Trinajstić information content (AvgIpc) is 2.54. The zero-order valence-corrected chi connectivity index (χ0v) is 12.8. The van der Waals surface area contributed by atoms with Gasteiger partial charge in [-0.05, 0) is 25.5 Å². The van der Waals surface area contributed by atoms with Crippen LogP contribution in [0, 0.1) is 21.8 Å². The van der Waals surface area contributed by atoms with E-state index in [1.807, 2.05) is 4.90 Å². The second kappa shape index (κ2) is 7.98. The van der Waals surface area contributed by atoms with Crippen molar-refractivity contribution in [3.63, 3.8) is 0 Å². The first-order valence-corrected chi connectivity index (χ1v) is 7.64. The van der Waals surface area contributed by atoms with E-state index in [4.69, 9.17) is 5.73 Å². The van der Waals surface area contributed by atoms with E-state index in [0.29, 0.717) is 31.7 Å². The molecule has 23 heavy (non-hydrogen) atoms. The van der Waals surface area contributed by atoms with E-state index >= 15 is 0 Å². The number of rotatable bonds is 6. The number of nitrogens with zero attached hydrogens (tertiary/aromatic N) is 2. The van der Waals surface area contributed by atoms with Crippen LogP contribution in [0.5, 0.6) is 0 Å². The number of benzene rings is 1. The molecule has 0 aliphatic carbocycles. The number of nitrogens with one attached hydrogen (secondary N) is 1. The maximum atomic E-state index is 14.0. The smallest absolute Gasteiger partial charge is 0.272 e. The van der Waals surface area contributed by atoms with Gasteiger partial charge in [-0.15, -0.1) is 0 Å². The van der Waals surface area contributed by atoms with Crippen molar-refractivity contribution < 1.29 is 14.1 Å². The fourth-order valence-electron chi connectivity index (χ4n) is 2.77. The molecule has 8 heteroatoms. The fraction of sp³-hybridized carbons (Fsp3) is 0.533. The Bertz CT molecular complexity index is 582. The summed E-state index contributed by atoms with van der Waals surface area (Å²) in [6.45, 7) is 2.51. The first-order chi connectivity index (χ1) is 11.0. The summed E-state index contributed by atoms with van der Waals surface area (Å²) in [6.07, 6.45) is 1.66. The third-order valence-electron chi connectivity index (χ3n) is 3.96. The second-order valence-corrected chi connectivity index (χ2v) is 5.69. The van der Waals surface area contributed by atoms with E-state index in [9.17, 15) is 19.3 Å². The number of hydrogen-bond acceptors (Lipinski definition) is 5. The van der Waals surface area contributed by atoms with Gasteiger partial charge in [-0.2, -0.15) is 0 Å². The molecule has 1 saturated heterocycles. The van der Waals surface area contributed by atoms with Crippen molar-refractivity contribution in [3.8, 4) is 0 Å². The van der Waals surface area contributed by atoms with Crippen LogP contribution in [0.2, 0.25) is 0 Å². The number of nitrogens with two attached hydrogens (primary N) is 1. The van der Waals surface area contributed by atoms with Gasteiger partial charge in [0.1, 0.15) is 5.82 Å². The number of piperidine rings is 1. The Kier molecular flexibility index (Phi) is 6.00. The SMILES string of the molecule is NCCNC(=O)C1CCCN(Cc2ccc([N+](=O)[O-])cc2F)C1. The third kappa shape index (κ3) is 4.70. The molecule has 1 fully saturated rings. The molecule has 1 aliphatic rings. The lowest BCUT2D eigenvalue weighted by atomic mass is 9.96. The molecule has 1 aromatic carbocycles. The Hall–Kier alpha value is -2.06. The summed E-state index contributed by atoms with van der Waals surface area (Å²) >= 11 is 0. The van der Waals surface area contributed by atoms with E-state index in [2.05, 4.69) is 5.32 Å². The van der Waals surface area contributed by atoms with Gasteiger partial charge in [0.05, 0.1) is 16.9 Å². The maximum absolute atomic E-state index is 14.0. The second-order valence-electron chi connectivity index (χ2n) is 5.69. The lowest BCUT2D eigenvalue weighted by Crippen LogP contribution is -2.43. The average molecular weight is 324 g/mol. The number of hydrogen-bond donors (Lipinski definition) is 2. The molecule has 1 aromatic rings. The summed E-state index contributed by atoms with van der Waals surface area (Å²) in [7, 11) is 0. The molecule has 1 aliphatic heterocycles. The standard InChI is InChI=1S/C15H21FN4O3/c16-14-8-13(20(22)23)4-3-11(14)9-19-7-1-2-12(10-19)15(21)18-6-5-17/h3-4,8,12H,1-2,5-7,9-10,17H2,(H,18,21). The van der Waals surface area contributed by atoms with Crippen LogP contribution in [0.1, 0.15) is 18.4 Å². The summed E-state index contributed by atoms with van der Waals surface area (Å²) in [5, 5.41) is 13.4. The Labute approximate surface area is 133 Å². The lowest BCUT2D eigenvalue weighted by Gasteiger charge is -2.32. The first-order valence-electron chi connectivity index (χ1n) is 7.64. The van der Waals surface area contributed by atoms with Crippen LogP contribution in [0.4, 0.5) is 10.1 Å². The largest absolute Gasteiger partial charge is 0.355 e. The van der Waals surface area contributed by atoms with E-state index in [0.717, 1.165) is 25.5 Å². The van der Waals surface area contributed by atoms with Crippen LogP contribution in [-0.4, -0.2) is 41.9 Å². The topological polar surface area (TPSA) is 102 Å². The van der Waals surface area contributed by atoms with Crippen molar-refractivity contribution >= 4 is 11.6 Å². The van der Waals surface area contributed by atoms with Crippen LogP contribution < -0.4 is 11.1 Å². The quantitative estimate of drug-likeness (QED) is 0.601. The van der Waals surface area contributed by atoms with Crippen LogP contribution in [0.15, 0.2) is 18.2 Å². The molecular formula is C15H21FN4O3. The molecule has 1 amide bonds. The van der Waals surface area contributed by atoms with Gasteiger partial charge in [0.15, 0.2) is 0 Å². The zero-order chi connectivity index (χ0) is 16.8. The number of nitro groups is 1. The van der Waals surface area contributed by atoms with Gasteiger partial charge in [-0.3, -0.25) is 19.8 Å². The number of halogens is 1. The summed E-state index contributed by atoms with van der Waals surface area (Å²) in [4.78, 5) is 24.0. The summed E-state index contributed by atoms with van der Waals surface area (Å²) in [5.41, 5.74) is 5.51. The predicted octanol–water partition coefficient (Wildman–Crippen LogP) is 1.02. The Morgan fingerprint density at radius 3 is 2.96 bits per heavy atom. The Morgan fingerprint density at radius 2 is 2.30 bits per heavy atom. The van der Waals surface area contributed by atoms with Crippen LogP contribution in [0.3, 0.4) is 0 Å². The van der Waals surface area contributed by atoms with Crippen molar-refractivity contribution in [2.45, 2.75) is 19.4 Å². The lowest BCUT2D eigenvalue weighted by molar-refractivity contribution is -0.385. The number of carbonyl (C=O) groups excluding carboxylic acids is 1. The number of nitro benzene ring substituents is 1. The molecule has 126 valence electrons. The van der Waals surface area contributed by atoms with E-state index in [1.165, 1.54) is 12.1 Å². The number of non-ortho nitro benzene ring substituents is 1. The number of carbonyl (C=O) groups is 1. The third-order valence-corrected chi connectivity index (χ3v) is 3.96. The van der Waals surface area contributed by atoms with Crippen LogP contribution >= 0.6 is 0 Å². The van der Waals surface area contributed by atoms with Crippen molar-refractivity contribution in [3.05, 3.63) is 39.7 Å². The maximum Gasteiger partial charge on any atom is 0.272 e. The minimum Gasteiger partial charge on any atom is -0.355 e. The predicted molar refractivity (Wildman–Crippen MR) is 83.1 cm³/mol. The van der Waals surface area contributed by atoms with Crippen molar-refractivity contribution in [2.24, 2.45) is 11.7 Å². The monoisotopic (exact) mass is 324 g/mol. The summed E-state index contributed by atoms with van der Waals surface area (Å²) in [6, 6.07) is 3.67. The fourth-order valence-corrected chi connectivity index (χ4v) is 2.77. The van der Waals surface area contributed by atoms with Gasteiger partial charge in [0.2, 0.25) is 5.91 Å². The van der Waals surface area contributed by atoms with Gasteiger partial charge < -0.3 is 11.1 Å². The van der Waals surface area contributed by atoms with Gasteiger partial charge in [0.25, 0.3) is 5.69 Å². The van der Waals surface area contributed by atoms with E-state index < -0.39 is 10.7 Å². The minimum atomic E-state index is -0.619. The normalized spacial score (nSPS) is 18.6. The molecule has 0 bridgehead atoms. The molecule has 0 spiro atoms. The zero-order valence-electron chi connectivity index (χ0n) is 12.8. The van der Waals surface area contributed by atoms with Crippen LogP contribution in [-0.2, 0) is 11.3 Å². The first kappa shape index (κ1) is 17.3. The Morgan fingerprint density at radius 1 is 1.52 bits per heavy atom. The Balaban J connectivity index is 1.97. The molecule has 1 unspecified atom stereocenters. The minimum absolute atomic E-state index is 0.0238. The van der Waals surface area contributed by atoms with Gasteiger partial charge >= 0.3 is 0 Å².